The van der Waals surface area contributed by atoms with Gasteiger partial charge in [0.15, 0.2) is 5.82 Å². The number of primary amides is 1. The monoisotopic (exact) mass is 288 g/mol. The van der Waals surface area contributed by atoms with Gasteiger partial charge < -0.3 is 20.9 Å². The van der Waals surface area contributed by atoms with Crippen LogP contribution in [0.3, 0.4) is 0 Å². The molecule has 7 heteroatoms. The maximum atomic E-state index is 11.8. The number of aromatic nitrogens is 1. The van der Waals surface area contributed by atoms with Crippen LogP contribution in [0.1, 0.15) is 21.7 Å². The minimum atomic E-state index is -0.513. The summed E-state index contributed by atoms with van der Waals surface area (Å²) in [6.07, 6.45) is 0. The largest absolute Gasteiger partial charge is 0.376 e. The summed E-state index contributed by atoms with van der Waals surface area (Å²) in [5.74, 6) is 0.193. The molecule has 2 amide bonds. The number of amides is 2. The smallest absolute Gasteiger partial charge is 0.248 e. The lowest BCUT2D eigenvalue weighted by atomic mass is 10.1. The van der Waals surface area contributed by atoms with Gasteiger partial charge in [-0.05, 0) is 31.5 Å². The van der Waals surface area contributed by atoms with Gasteiger partial charge in [-0.15, -0.1) is 0 Å². The molecule has 4 N–H and O–H groups in total. The molecule has 0 aliphatic rings. The van der Waals surface area contributed by atoms with E-state index in [2.05, 4.69) is 15.8 Å². The SMILES string of the molecule is Cc1cc(NC(=O)CNc2cc(C(N)=O)ccc2C)no1. The average molecular weight is 288 g/mol. The van der Waals surface area contributed by atoms with E-state index in [4.69, 9.17) is 10.3 Å². The minimum absolute atomic E-state index is 0.0367. The molecule has 2 rings (SSSR count). The van der Waals surface area contributed by atoms with Crippen LogP contribution in [0.15, 0.2) is 28.8 Å². The van der Waals surface area contributed by atoms with Gasteiger partial charge in [-0.1, -0.05) is 11.2 Å². The van der Waals surface area contributed by atoms with Crippen molar-refractivity contribution >= 4 is 23.3 Å². The standard InChI is InChI=1S/C14H16N4O3/c1-8-3-4-10(14(15)20)6-11(8)16-7-13(19)17-12-5-9(2)21-18-12/h3-6,16H,7H2,1-2H3,(H2,15,20)(H,17,18,19). The van der Waals surface area contributed by atoms with Gasteiger partial charge in [0.25, 0.3) is 0 Å². The molecule has 21 heavy (non-hydrogen) atoms. The van der Waals surface area contributed by atoms with Crippen LogP contribution in [0.4, 0.5) is 11.5 Å². The Labute approximate surface area is 121 Å². The lowest BCUT2D eigenvalue weighted by molar-refractivity contribution is -0.114. The Bertz CT molecular complexity index is 679. The number of aryl methyl sites for hydroxylation is 2. The maximum Gasteiger partial charge on any atom is 0.248 e. The first kappa shape index (κ1) is 14.6. The number of hydrogen-bond donors (Lipinski definition) is 3. The predicted molar refractivity (Wildman–Crippen MR) is 78.1 cm³/mol. The first-order valence-corrected chi connectivity index (χ1v) is 6.33. The van der Waals surface area contributed by atoms with Crippen molar-refractivity contribution in [2.75, 3.05) is 17.2 Å². The van der Waals surface area contributed by atoms with E-state index in [-0.39, 0.29) is 12.5 Å². The lowest BCUT2D eigenvalue weighted by Gasteiger charge is -2.10. The Morgan fingerprint density at radius 1 is 1.29 bits per heavy atom. The van der Waals surface area contributed by atoms with E-state index in [0.29, 0.717) is 22.8 Å². The molecule has 0 fully saturated rings. The van der Waals surface area contributed by atoms with E-state index in [0.717, 1.165) is 5.56 Å². The number of nitrogens with one attached hydrogen (secondary N) is 2. The second-order valence-electron chi connectivity index (χ2n) is 4.62. The molecular weight excluding hydrogens is 272 g/mol. The number of carbonyl (C=O) groups excluding carboxylic acids is 2. The first-order chi connectivity index (χ1) is 9.95. The quantitative estimate of drug-likeness (QED) is 0.771. The normalized spacial score (nSPS) is 10.2. The highest BCUT2D eigenvalue weighted by Gasteiger charge is 2.08. The number of hydrogen-bond acceptors (Lipinski definition) is 5. The van der Waals surface area contributed by atoms with Gasteiger partial charge in [0.2, 0.25) is 11.8 Å². The van der Waals surface area contributed by atoms with Crippen molar-refractivity contribution < 1.29 is 14.1 Å². The Kier molecular flexibility index (Phi) is 4.22. The number of carbonyl (C=O) groups is 2. The van der Waals surface area contributed by atoms with Gasteiger partial charge in [0.1, 0.15) is 5.76 Å². The van der Waals surface area contributed by atoms with Gasteiger partial charge >= 0.3 is 0 Å². The van der Waals surface area contributed by atoms with Crippen LogP contribution in [-0.2, 0) is 4.79 Å². The second kappa shape index (κ2) is 6.08. The molecule has 110 valence electrons. The molecule has 0 radical (unpaired) electrons. The van der Waals surface area contributed by atoms with Gasteiger partial charge in [0, 0.05) is 17.3 Å². The van der Waals surface area contributed by atoms with Crippen molar-refractivity contribution in [1.82, 2.24) is 5.16 Å². The number of nitrogens with two attached hydrogens (primary N) is 1. The fourth-order valence-electron chi connectivity index (χ4n) is 1.75. The summed E-state index contributed by atoms with van der Waals surface area (Å²) in [4.78, 5) is 22.9. The van der Waals surface area contributed by atoms with Crippen molar-refractivity contribution in [2.45, 2.75) is 13.8 Å². The predicted octanol–water partition coefficient (Wildman–Crippen LogP) is 1.44. The Morgan fingerprint density at radius 2 is 2.05 bits per heavy atom. The summed E-state index contributed by atoms with van der Waals surface area (Å²) in [7, 11) is 0. The van der Waals surface area contributed by atoms with Crippen molar-refractivity contribution in [2.24, 2.45) is 5.73 Å². The van der Waals surface area contributed by atoms with E-state index in [1.807, 2.05) is 6.92 Å². The fourth-order valence-corrected chi connectivity index (χ4v) is 1.75. The van der Waals surface area contributed by atoms with Gasteiger partial charge in [-0.3, -0.25) is 9.59 Å². The molecule has 0 atom stereocenters. The second-order valence-corrected chi connectivity index (χ2v) is 4.62. The van der Waals surface area contributed by atoms with Crippen LogP contribution in [0.2, 0.25) is 0 Å². The minimum Gasteiger partial charge on any atom is -0.376 e. The molecule has 0 aliphatic heterocycles. The zero-order valence-corrected chi connectivity index (χ0v) is 11.8. The number of anilines is 2. The fraction of sp³-hybridized carbons (Fsp3) is 0.214. The number of nitrogens with zero attached hydrogens (tertiary/aromatic N) is 1. The summed E-state index contributed by atoms with van der Waals surface area (Å²) >= 11 is 0. The average Bonchev–Trinajstić information content (AvgIpc) is 2.82. The number of rotatable bonds is 5. The van der Waals surface area contributed by atoms with E-state index < -0.39 is 5.91 Å². The summed E-state index contributed by atoms with van der Waals surface area (Å²) in [6, 6.07) is 6.64. The highest BCUT2D eigenvalue weighted by molar-refractivity contribution is 5.95. The van der Waals surface area contributed by atoms with Gasteiger partial charge in [-0.25, -0.2) is 0 Å². The van der Waals surface area contributed by atoms with Crippen LogP contribution in [0.25, 0.3) is 0 Å². The maximum absolute atomic E-state index is 11.8. The van der Waals surface area contributed by atoms with Crippen molar-refractivity contribution in [3.8, 4) is 0 Å². The van der Waals surface area contributed by atoms with E-state index >= 15 is 0 Å². The van der Waals surface area contributed by atoms with Crippen LogP contribution >= 0.6 is 0 Å². The molecule has 0 bridgehead atoms. The van der Waals surface area contributed by atoms with Crippen molar-refractivity contribution in [1.29, 1.82) is 0 Å². The summed E-state index contributed by atoms with van der Waals surface area (Å²) in [5, 5.41) is 9.22. The summed E-state index contributed by atoms with van der Waals surface area (Å²) in [6.45, 7) is 3.64. The molecule has 2 aromatic rings. The third kappa shape index (κ3) is 3.82. The third-order valence-corrected chi connectivity index (χ3v) is 2.86. The zero-order valence-electron chi connectivity index (χ0n) is 11.8. The van der Waals surface area contributed by atoms with Crippen molar-refractivity contribution in [3.05, 3.63) is 41.2 Å². The summed E-state index contributed by atoms with van der Waals surface area (Å²) < 4.78 is 4.85. The topological polar surface area (TPSA) is 110 Å². The van der Waals surface area contributed by atoms with Crippen LogP contribution in [0.5, 0.6) is 0 Å². The molecule has 0 aliphatic carbocycles. The van der Waals surface area contributed by atoms with Gasteiger partial charge in [-0.2, -0.15) is 0 Å². The Hall–Kier alpha value is -2.83. The first-order valence-electron chi connectivity index (χ1n) is 6.33. The van der Waals surface area contributed by atoms with E-state index in [1.54, 1.807) is 31.2 Å². The molecule has 0 unspecified atom stereocenters. The highest BCUT2D eigenvalue weighted by atomic mass is 16.5. The van der Waals surface area contributed by atoms with E-state index in [9.17, 15) is 9.59 Å². The third-order valence-electron chi connectivity index (χ3n) is 2.86. The molecule has 7 nitrogen and oxygen atoms in total. The molecule has 1 aromatic heterocycles. The van der Waals surface area contributed by atoms with Crippen LogP contribution < -0.4 is 16.4 Å². The number of benzene rings is 1. The zero-order chi connectivity index (χ0) is 15.4. The molecule has 0 saturated heterocycles. The summed E-state index contributed by atoms with van der Waals surface area (Å²) in [5.41, 5.74) is 7.20. The molecule has 0 spiro atoms. The molecule has 1 heterocycles. The van der Waals surface area contributed by atoms with Crippen molar-refractivity contribution in [3.63, 3.8) is 0 Å². The molecule has 0 saturated carbocycles. The Balaban J connectivity index is 1.97. The molecule has 1 aromatic carbocycles. The van der Waals surface area contributed by atoms with Crippen LogP contribution in [-0.4, -0.2) is 23.5 Å². The van der Waals surface area contributed by atoms with E-state index in [1.165, 1.54) is 0 Å². The Morgan fingerprint density at radius 3 is 2.67 bits per heavy atom. The highest BCUT2D eigenvalue weighted by Crippen LogP contribution is 2.16. The van der Waals surface area contributed by atoms with Crippen LogP contribution in [0, 0.1) is 13.8 Å². The molecular formula is C14H16N4O3. The van der Waals surface area contributed by atoms with Gasteiger partial charge in [0.05, 0.1) is 6.54 Å². The lowest BCUT2D eigenvalue weighted by Crippen LogP contribution is -2.22.